The predicted molar refractivity (Wildman–Crippen MR) is 111 cm³/mol. The van der Waals surface area contributed by atoms with Gasteiger partial charge in [0.15, 0.2) is 0 Å². The maximum atomic E-state index is 5.64. The zero-order valence-corrected chi connectivity index (χ0v) is 16.3. The molecule has 0 N–H and O–H groups in total. The Kier molecular flexibility index (Phi) is 7.08. The molecule has 1 fully saturated rings. The first-order valence-corrected chi connectivity index (χ1v) is 10.2. The Morgan fingerprint density at radius 1 is 0.846 bits per heavy atom. The van der Waals surface area contributed by atoms with Crippen LogP contribution in [0.2, 0.25) is 0 Å². The lowest BCUT2D eigenvalue weighted by atomic mass is 9.76. The van der Waals surface area contributed by atoms with Crippen molar-refractivity contribution in [3.05, 3.63) is 76.9 Å². The van der Waals surface area contributed by atoms with Crippen LogP contribution < -0.4 is 0 Å². The van der Waals surface area contributed by atoms with Gasteiger partial charge < -0.3 is 4.74 Å². The molecule has 0 saturated heterocycles. The van der Waals surface area contributed by atoms with Gasteiger partial charge in [-0.15, -0.1) is 0 Å². The third kappa shape index (κ3) is 5.08. The average molecular weight is 349 g/mol. The normalized spacial score (nSPS) is 20.5. The Morgan fingerprint density at radius 3 is 1.88 bits per heavy atom. The van der Waals surface area contributed by atoms with Gasteiger partial charge in [0.2, 0.25) is 0 Å². The molecule has 0 atom stereocenters. The molecule has 0 unspecified atom stereocenters. The zero-order valence-electron chi connectivity index (χ0n) is 16.3. The van der Waals surface area contributed by atoms with Gasteiger partial charge in [0.1, 0.15) is 0 Å². The lowest BCUT2D eigenvalue weighted by molar-refractivity contribution is 0.121. The minimum absolute atomic E-state index is 0.721. The fourth-order valence-electron chi connectivity index (χ4n) is 4.05. The number of ether oxygens (including phenoxy) is 1. The second kappa shape index (κ2) is 9.73. The highest BCUT2D eigenvalue weighted by atomic mass is 16.5. The molecular weight excluding hydrogens is 316 g/mol. The van der Waals surface area contributed by atoms with Crippen LogP contribution in [0.3, 0.4) is 0 Å². The van der Waals surface area contributed by atoms with Crippen molar-refractivity contribution in [2.24, 2.45) is 0 Å². The lowest BCUT2D eigenvalue weighted by Gasteiger charge is -2.29. The highest BCUT2D eigenvalue weighted by Crippen LogP contribution is 2.40. The highest BCUT2D eigenvalue weighted by Gasteiger charge is 2.23. The predicted octanol–water partition coefficient (Wildman–Crippen LogP) is 7.09. The van der Waals surface area contributed by atoms with E-state index in [9.17, 15) is 0 Å². The molecule has 0 amide bonds. The molecule has 1 aliphatic rings. The maximum absolute atomic E-state index is 5.64. The number of hydrogen-bond donors (Lipinski definition) is 0. The van der Waals surface area contributed by atoms with E-state index in [1.807, 2.05) is 0 Å². The Hall–Kier alpha value is -1.86. The fraction of sp³-hybridized carbons (Fsp3) is 0.440. The van der Waals surface area contributed by atoms with Gasteiger partial charge in [0.05, 0.1) is 6.61 Å². The van der Waals surface area contributed by atoms with Crippen molar-refractivity contribution in [2.45, 2.75) is 64.4 Å². The third-order valence-corrected chi connectivity index (χ3v) is 5.56. The van der Waals surface area contributed by atoms with Gasteiger partial charge in [-0.25, -0.2) is 0 Å². The first kappa shape index (κ1) is 18.9. The van der Waals surface area contributed by atoms with Gasteiger partial charge in [0, 0.05) is 6.61 Å². The molecule has 0 aromatic heterocycles. The van der Waals surface area contributed by atoms with Crippen LogP contribution in [0, 0.1) is 0 Å². The monoisotopic (exact) mass is 348 g/mol. The smallest absolute Gasteiger partial charge is 0.0716 e. The lowest BCUT2D eigenvalue weighted by Crippen LogP contribution is -2.12. The number of hydrogen-bond acceptors (Lipinski definition) is 1. The summed E-state index contributed by atoms with van der Waals surface area (Å²) in [6, 6.07) is 18.3. The molecule has 0 radical (unpaired) electrons. The highest BCUT2D eigenvalue weighted by molar-refractivity contribution is 5.49. The Balaban J connectivity index is 1.53. The first-order valence-electron chi connectivity index (χ1n) is 10.2. The van der Waals surface area contributed by atoms with E-state index in [2.05, 4.69) is 74.5 Å². The molecular formula is C25H32O. The summed E-state index contributed by atoms with van der Waals surface area (Å²) in [5.41, 5.74) is 5.61. The van der Waals surface area contributed by atoms with Gasteiger partial charge in [-0.3, -0.25) is 0 Å². The van der Waals surface area contributed by atoms with Crippen LogP contribution in [-0.2, 0) is 11.3 Å². The van der Waals surface area contributed by atoms with Crippen molar-refractivity contribution >= 4 is 6.08 Å². The van der Waals surface area contributed by atoms with Crippen molar-refractivity contribution < 1.29 is 4.74 Å². The van der Waals surface area contributed by atoms with Crippen LogP contribution in [0.15, 0.2) is 54.6 Å². The van der Waals surface area contributed by atoms with Crippen LogP contribution in [0.25, 0.3) is 6.08 Å². The largest absolute Gasteiger partial charge is 0.377 e. The molecule has 2 aromatic carbocycles. The fourth-order valence-corrected chi connectivity index (χ4v) is 4.05. The zero-order chi connectivity index (χ0) is 18.2. The summed E-state index contributed by atoms with van der Waals surface area (Å²) in [6.07, 6.45) is 10.5. The third-order valence-electron chi connectivity index (χ3n) is 5.56. The summed E-state index contributed by atoms with van der Waals surface area (Å²) >= 11 is 0. The summed E-state index contributed by atoms with van der Waals surface area (Å²) in [4.78, 5) is 0. The summed E-state index contributed by atoms with van der Waals surface area (Å²) in [5.74, 6) is 1.45. The quantitative estimate of drug-likeness (QED) is 0.485. The molecule has 138 valence electrons. The molecule has 2 aromatic rings. The van der Waals surface area contributed by atoms with E-state index in [1.165, 1.54) is 47.9 Å². The van der Waals surface area contributed by atoms with Gasteiger partial charge in [-0.2, -0.15) is 0 Å². The maximum Gasteiger partial charge on any atom is 0.0716 e. The molecule has 3 rings (SSSR count). The van der Waals surface area contributed by atoms with E-state index in [0.717, 1.165) is 31.5 Å². The molecule has 0 spiro atoms. The standard InChI is InChI=1S/C25H32O/c1-3-5-20-6-10-22(11-7-20)24-14-16-25(17-15-24)23-12-8-21(9-13-23)19-26-18-4-2/h3,5-13,24-25H,4,14-19H2,1-2H3/t24-,25-. The summed E-state index contributed by atoms with van der Waals surface area (Å²) in [5, 5.41) is 0. The Morgan fingerprint density at radius 2 is 1.38 bits per heavy atom. The van der Waals surface area contributed by atoms with Crippen LogP contribution in [0.4, 0.5) is 0 Å². The van der Waals surface area contributed by atoms with E-state index in [0.29, 0.717) is 0 Å². The van der Waals surface area contributed by atoms with Crippen LogP contribution in [-0.4, -0.2) is 6.61 Å². The molecule has 1 saturated carbocycles. The molecule has 0 bridgehead atoms. The average Bonchev–Trinajstić information content (AvgIpc) is 2.70. The SMILES string of the molecule is CC=Cc1ccc([C@H]2CC[C@H](c3ccc(COCCC)cc3)CC2)cc1. The van der Waals surface area contributed by atoms with Gasteiger partial charge >= 0.3 is 0 Å². The van der Waals surface area contributed by atoms with Crippen molar-refractivity contribution in [3.63, 3.8) is 0 Å². The van der Waals surface area contributed by atoms with E-state index >= 15 is 0 Å². The number of allylic oxidation sites excluding steroid dienone is 1. The molecule has 26 heavy (non-hydrogen) atoms. The van der Waals surface area contributed by atoms with E-state index < -0.39 is 0 Å². The summed E-state index contributed by atoms with van der Waals surface area (Å²) in [6.45, 7) is 5.81. The van der Waals surface area contributed by atoms with Crippen molar-refractivity contribution in [2.75, 3.05) is 6.61 Å². The van der Waals surface area contributed by atoms with E-state index in [4.69, 9.17) is 4.74 Å². The number of benzene rings is 2. The molecule has 1 nitrogen and oxygen atoms in total. The molecule has 0 aliphatic heterocycles. The molecule has 0 heterocycles. The minimum atomic E-state index is 0.721. The Bertz CT molecular complexity index is 673. The summed E-state index contributed by atoms with van der Waals surface area (Å²) in [7, 11) is 0. The van der Waals surface area contributed by atoms with E-state index in [1.54, 1.807) is 0 Å². The van der Waals surface area contributed by atoms with Gasteiger partial charge in [0.25, 0.3) is 0 Å². The molecule has 1 heteroatoms. The van der Waals surface area contributed by atoms with Crippen molar-refractivity contribution in [1.29, 1.82) is 0 Å². The van der Waals surface area contributed by atoms with Gasteiger partial charge in [-0.1, -0.05) is 67.6 Å². The van der Waals surface area contributed by atoms with Crippen LogP contribution in [0.1, 0.15) is 80.0 Å². The first-order chi connectivity index (χ1) is 12.8. The second-order valence-corrected chi connectivity index (χ2v) is 7.51. The van der Waals surface area contributed by atoms with Crippen LogP contribution in [0.5, 0.6) is 0 Å². The van der Waals surface area contributed by atoms with E-state index in [-0.39, 0.29) is 0 Å². The topological polar surface area (TPSA) is 9.23 Å². The van der Waals surface area contributed by atoms with Crippen molar-refractivity contribution in [3.8, 4) is 0 Å². The minimum Gasteiger partial charge on any atom is -0.377 e. The van der Waals surface area contributed by atoms with Crippen molar-refractivity contribution in [1.82, 2.24) is 0 Å². The van der Waals surface area contributed by atoms with Gasteiger partial charge in [-0.05, 0) is 73.1 Å². The Labute approximate surface area is 159 Å². The molecule has 1 aliphatic carbocycles. The van der Waals surface area contributed by atoms with Crippen LogP contribution >= 0.6 is 0 Å². The second-order valence-electron chi connectivity index (χ2n) is 7.51. The summed E-state index contributed by atoms with van der Waals surface area (Å²) < 4.78 is 5.64. The number of rotatable bonds is 7.